The van der Waals surface area contributed by atoms with Crippen molar-refractivity contribution >= 4 is 19.2 Å². The smallest absolute Gasteiger partial charge is 0.240 e. The summed E-state index contributed by atoms with van der Waals surface area (Å²) >= 11 is 0. The Hall–Kier alpha value is -0.890. The second-order valence-corrected chi connectivity index (χ2v) is 4.72. The summed E-state index contributed by atoms with van der Waals surface area (Å²) in [6, 6.07) is 0. The van der Waals surface area contributed by atoms with Gasteiger partial charge in [-0.3, -0.25) is 0 Å². The maximum atomic E-state index is 5.56. The second-order valence-electron chi connectivity index (χ2n) is 2.53. The first-order valence-corrected chi connectivity index (χ1v) is 5.72. The molecule has 0 amide bonds. The van der Waals surface area contributed by atoms with E-state index in [1.54, 1.807) is 13.3 Å². The summed E-state index contributed by atoms with van der Waals surface area (Å²) < 4.78 is 4.97. The Kier molecular flexibility index (Phi) is 2.82. The molecular weight excluding hydrogens is 173 g/mol. The second kappa shape index (κ2) is 3.68. The molecule has 0 bridgehead atoms. The number of aromatic nitrogens is 2. The van der Waals surface area contributed by atoms with Gasteiger partial charge in [-0.25, -0.2) is 4.98 Å². The molecule has 0 spiro atoms. The summed E-state index contributed by atoms with van der Waals surface area (Å²) in [5.41, 5.74) is 6.86. The van der Waals surface area contributed by atoms with Gasteiger partial charge in [0.15, 0.2) is 5.57 Å². The third-order valence-electron chi connectivity index (χ3n) is 1.36. The molecule has 1 heterocycles. The maximum Gasteiger partial charge on any atom is 0.240 e. The van der Waals surface area contributed by atoms with Gasteiger partial charge < -0.3 is 10.5 Å². The van der Waals surface area contributed by atoms with Crippen molar-refractivity contribution < 1.29 is 4.74 Å². The van der Waals surface area contributed by atoms with E-state index in [2.05, 4.69) is 23.3 Å². The van der Waals surface area contributed by atoms with Gasteiger partial charge in [0.2, 0.25) is 5.88 Å². The summed E-state index contributed by atoms with van der Waals surface area (Å²) in [5, 5.41) is 0. The van der Waals surface area contributed by atoms with E-state index in [1.165, 1.54) is 0 Å². The van der Waals surface area contributed by atoms with E-state index in [-0.39, 0.29) is 7.92 Å². The van der Waals surface area contributed by atoms with Crippen molar-refractivity contribution in [1.29, 1.82) is 0 Å². The van der Waals surface area contributed by atoms with E-state index in [1.807, 2.05) is 0 Å². The lowest BCUT2D eigenvalue weighted by atomic mass is 10.5. The minimum atomic E-state index is -0.288. The summed E-state index contributed by atoms with van der Waals surface area (Å²) in [6.07, 6.45) is 1.59. The Morgan fingerprint density at radius 1 is 1.50 bits per heavy atom. The van der Waals surface area contributed by atoms with Gasteiger partial charge in [-0.15, -0.1) is 0 Å². The molecule has 0 saturated heterocycles. The molecule has 0 unspecified atom stereocenters. The quantitative estimate of drug-likeness (QED) is 0.679. The van der Waals surface area contributed by atoms with Crippen molar-refractivity contribution in [1.82, 2.24) is 9.97 Å². The van der Waals surface area contributed by atoms with Crippen molar-refractivity contribution in [2.75, 3.05) is 26.2 Å². The van der Waals surface area contributed by atoms with Gasteiger partial charge >= 0.3 is 0 Å². The standard InChI is InChI=1S/C7H12N3OP/c1-11-6-5(8)4-9-7(10-6)12(2)3/h4H,8H2,1-3H3. The van der Waals surface area contributed by atoms with E-state index >= 15 is 0 Å². The molecule has 0 aliphatic rings. The van der Waals surface area contributed by atoms with Crippen LogP contribution in [0, 0.1) is 0 Å². The lowest BCUT2D eigenvalue weighted by molar-refractivity contribution is 0.400. The van der Waals surface area contributed by atoms with Gasteiger partial charge in [0.05, 0.1) is 13.3 Å². The van der Waals surface area contributed by atoms with Gasteiger partial charge in [-0.05, 0) is 21.3 Å². The van der Waals surface area contributed by atoms with Crippen LogP contribution in [0.15, 0.2) is 6.20 Å². The average molecular weight is 185 g/mol. The molecule has 0 aliphatic heterocycles. The molecule has 0 fully saturated rings. The van der Waals surface area contributed by atoms with Crippen LogP contribution in [0.4, 0.5) is 5.69 Å². The van der Waals surface area contributed by atoms with Crippen LogP contribution >= 0.6 is 7.92 Å². The lowest BCUT2D eigenvalue weighted by Crippen LogP contribution is -2.12. The minimum Gasteiger partial charge on any atom is -0.479 e. The predicted molar refractivity (Wildman–Crippen MR) is 51.4 cm³/mol. The predicted octanol–water partition coefficient (Wildman–Crippen LogP) is 0.434. The van der Waals surface area contributed by atoms with Crippen LogP contribution in [-0.4, -0.2) is 30.4 Å². The highest BCUT2D eigenvalue weighted by Crippen LogP contribution is 2.23. The molecule has 0 atom stereocenters. The van der Waals surface area contributed by atoms with E-state index in [0.717, 1.165) is 5.57 Å². The Balaban J connectivity index is 3.05. The largest absolute Gasteiger partial charge is 0.479 e. The zero-order chi connectivity index (χ0) is 9.14. The number of nitrogens with zero attached hydrogens (tertiary/aromatic N) is 2. The van der Waals surface area contributed by atoms with Crippen LogP contribution in [0.1, 0.15) is 0 Å². The normalized spacial score (nSPS) is 10.3. The highest BCUT2D eigenvalue weighted by atomic mass is 31.1. The van der Waals surface area contributed by atoms with Crippen molar-refractivity contribution in [2.24, 2.45) is 0 Å². The first kappa shape index (κ1) is 9.20. The molecule has 1 aromatic rings. The average Bonchev–Trinajstić information content (AvgIpc) is 2.05. The van der Waals surface area contributed by atoms with E-state index in [4.69, 9.17) is 10.5 Å². The van der Waals surface area contributed by atoms with Crippen LogP contribution in [0.5, 0.6) is 5.88 Å². The van der Waals surface area contributed by atoms with Gasteiger partial charge in [0, 0.05) is 0 Å². The van der Waals surface area contributed by atoms with Gasteiger partial charge in [-0.1, -0.05) is 0 Å². The number of nitrogens with two attached hydrogens (primary N) is 1. The van der Waals surface area contributed by atoms with E-state index in [0.29, 0.717) is 11.6 Å². The van der Waals surface area contributed by atoms with Crippen LogP contribution in [-0.2, 0) is 0 Å². The van der Waals surface area contributed by atoms with Gasteiger partial charge in [0.25, 0.3) is 0 Å². The summed E-state index contributed by atoms with van der Waals surface area (Å²) in [4.78, 5) is 8.26. The highest BCUT2D eigenvalue weighted by Gasteiger charge is 2.06. The van der Waals surface area contributed by atoms with Crippen LogP contribution in [0.25, 0.3) is 0 Å². The molecule has 12 heavy (non-hydrogen) atoms. The molecule has 0 aromatic carbocycles. The molecule has 0 radical (unpaired) electrons. The number of rotatable bonds is 2. The minimum absolute atomic E-state index is 0.288. The van der Waals surface area contributed by atoms with Crippen molar-refractivity contribution in [3.8, 4) is 5.88 Å². The Labute approximate surface area is 72.9 Å². The maximum absolute atomic E-state index is 5.56. The van der Waals surface area contributed by atoms with Gasteiger partial charge in [-0.2, -0.15) is 4.98 Å². The monoisotopic (exact) mass is 185 g/mol. The zero-order valence-electron chi connectivity index (χ0n) is 7.40. The number of hydrogen-bond donors (Lipinski definition) is 1. The summed E-state index contributed by atoms with van der Waals surface area (Å²) in [5.74, 6) is 0.469. The van der Waals surface area contributed by atoms with E-state index in [9.17, 15) is 0 Å². The third kappa shape index (κ3) is 1.83. The first-order valence-electron chi connectivity index (χ1n) is 3.49. The summed E-state index contributed by atoms with van der Waals surface area (Å²) in [7, 11) is 1.26. The van der Waals surface area contributed by atoms with Crippen LogP contribution < -0.4 is 16.0 Å². The zero-order valence-corrected chi connectivity index (χ0v) is 8.30. The lowest BCUT2D eigenvalue weighted by Gasteiger charge is -2.06. The Bertz CT molecular complexity index is 277. The van der Waals surface area contributed by atoms with Crippen LogP contribution in [0.2, 0.25) is 0 Å². The first-order chi connectivity index (χ1) is 5.65. The van der Waals surface area contributed by atoms with Crippen LogP contribution in [0.3, 0.4) is 0 Å². The number of methoxy groups -OCH3 is 1. The fraction of sp³-hybridized carbons (Fsp3) is 0.429. The molecule has 0 saturated carbocycles. The summed E-state index contributed by atoms with van der Waals surface area (Å²) in [6.45, 7) is 4.17. The SMILES string of the molecule is COc1nc(P(C)C)ncc1N. The molecule has 0 aliphatic carbocycles. The Morgan fingerprint density at radius 2 is 2.17 bits per heavy atom. The molecule has 2 N–H and O–H groups in total. The molecule has 1 rings (SSSR count). The number of anilines is 1. The number of hydrogen-bond acceptors (Lipinski definition) is 4. The molecule has 5 heteroatoms. The fourth-order valence-corrected chi connectivity index (χ4v) is 1.33. The number of ether oxygens (including phenoxy) is 1. The molecule has 4 nitrogen and oxygen atoms in total. The topological polar surface area (TPSA) is 61.0 Å². The Morgan fingerprint density at radius 3 is 2.67 bits per heavy atom. The van der Waals surface area contributed by atoms with Gasteiger partial charge in [0.1, 0.15) is 5.69 Å². The molecule has 66 valence electrons. The van der Waals surface area contributed by atoms with Crippen molar-refractivity contribution in [3.05, 3.63) is 6.20 Å². The van der Waals surface area contributed by atoms with Crippen molar-refractivity contribution in [2.45, 2.75) is 0 Å². The third-order valence-corrected chi connectivity index (χ3v) is 2.38. The van der Waals surface area contributed by atoms with E-state index < -0.39 is 0 Å². The highest BCUT2D eigenvalue weighted by molar-refractivity contribution is 7.63. The molecule has 1 aromatic heterocycles. The fourth-order valence-electron chi connectivity index (χ4n) is 0.746. The number of nitrogen functional groups attached to an aromatic ring is 1. The van der Waals surface area contributed by atoms with Crippen molar-refractivity contribution in [3.63, 3.8) is 0 Å². The molecular formula is C7H12N3OP.